The molecule has 1 aromatic carbocycles. The van der Waals surface area contributed by atoms with Crippen molar-refractivity contribution in [1.82, 2.24) is 4.90 Å². The summed E-state index contributed by atoms with van der Waals surface area (Å²) < 4.78 is 6.35. The minimum atomic E-state index is -2.80. The molecule has 4 rings (SSSR count). The fourth-order valence-electron chi connectivity index (χ4n) is 7.14. The number of Topliss-reactive ketones (excluding diaryl/α,β-unsaturated/α-hetero) is 2. The van der Waals surface area contributed by atoms with Crippen LogP contribution in [0.25, 0.3) is 5.76 Å². The van der Waals surface area contributed by atoms with Crippen molar-refractivity contribution in [3.63, 3.8) is 0 Å². The van der Waals surface area contributed by atoms with Gasteiger partial charge < -0.3 is 30.9 Å². The van der Waals surface area contributed by atoms with Crippen LogP contribution >= 0.6 is 11.8 Å². The summed E-state index contributed by atoms with van der Waals surface area (Å²) in [6.45, 7) is 9.74. The van der Waals surface area contributed by atoms with Gasteiger partial charge in [-0.3, -0.25) is 19.3 Å². The molecule has 230 valence electrons. The normalized spacial score (nSPS) is 29.5. The topological polar surface area (TPSA) is 171 Å². The van der Waals surface area contributed by atoms with Crippen LogP contribution in [-0.4, -0.2) is 87.5 Å². The SMILES string of the molecule is CCCO[C@H]1[C@H]2C(=C(O)c3c(O)c(C(C)(C)C)cc(CSC)c3[C@@H]2C)C(=O)[C@]2(O)C(O)=C(C(N)=O)C(=O)[C@@H](N(C)C)[C@H]12. The highest BCUT2D eigenvalue weighted by Crippen LogP contribution is 2.58. The molecule has 0 saturated heterocycles. The van der Waals surface area contributed by atoms with Crippen molar-refractivity contribution in [2.24, 2.45) is 17.6 Å². The highest BCUT2D eigenvalue weighted by molar-refractivity contribution is 7.97. The molecular weight excluding hydrogens is 560 g/mol. The standard InChI is InChI=1S/C31H42N2O8S/c1-9-10-41-26-17-13(2)16-14(12-42-8)11-15(30(3,4)5)23(34)18(16)24(35)19(17)27(37)31(40)21(26)22(33(6)7)25(36)20(28(31)38)29(32)39/h11,13,17,21-22,26,34-35,38,40H,9-10,12H2,1-8H3,(H2,32,39)/t13-,17+,21+,22-,26-,31-/m0/s1. The van der Waals surface area contributed by atoms with E-state index in [9.17, 15) is 34.8 Å². The molecule has 0 bridgehead atoms. The van der Waals surface area contributed by atoms with Gasteiger partial charge in [-0.25, -0.2) is 0 Å². The Kier molecular flexibility index (Phi) is 8.40. The van der Waals surface area contributed by atoms with Crippen LogP contribution in [0.5, 0.6) is 5.75 Å². The molecule has 11 heteroatoms. The first kappa shape index (κ1) is 32.1. The van der Waals surface area contributed by atoms with Crippen LogP contribution in [0.1, 0.15) is 69.2 Å². The maximum Gasteiger partial charge on any atom is 0.255 e. The second-order valence-electron chi connectivity index (χ2n) is 12.8. The van der Waals surface area contributed by atoms with E-state index in [1.165, 1.54) is 4.90 Å². The van der Waals surface area contributed by atoms with Gasteiger partial charge in [0.05, 0.1) is 23.6 Å². The molecule has 0 aromatic heterocycles. The number of fused-ring (bicyclic) bond motifs is 3. The molecule has 3 aliphatic rings. The maximum atomic E-state index is 14.5. The van der Waals surface area contributed by atoms with Crippen LogP contribution in [0.2, 0.25) is 0 Å². The molecule has 10 nitrogen and oxygen atoms in total. The van der Waals surface area contributed by atoms with Gasteiger partial charge in [0, 0.05) is 29.4 Å². The van der Waals surface area contributed by atoms with Gasteiger partial charge in [-0.15, -0.1) is 0 Å². The van der Waals surface area contributed by atoms with Crippen LogP contribution in [-0.2, 0) is 30.3 Å². The number of carbonyl (C=O) groups is 3. The molecule has 1 amide bonds. The molecule has 6 atom stereocenters. The van der Waals surface area contributed by atoms with Crippen molar-refractivity contribution in [1.29, 1.82) is 0 Å². The molecule has 1 aromatic rings. The molecule has 0 heterocycles. The predicted octanol–water partition coefficient (Wildman–Crippen LogP) is 3.09. The molecule has 3 aliphatic carbocycles. The Hall–Kier alpha value is -2.86. The van der Waals surface area contributed by atoms with E-state index in [0.29, 0.717) is 23.3 Å². The summed E-state index contributed by atoms with van der Waals surface area (Å²) >= 11 is 1.57. The number of aromatic hydroxyl groups is 1. The summed E-state index contributed by atoms with van der Waals surface area (Å²) in [7, 11) is 3.13. The summed E-state index contributed by atoms with van der Waals surface area (Å²) in [6.07, 6.45) is 1.47. The van der Waals surface area contributed by atoms with Crippen LogP contribution in [0.15, 0.2) is 23.0 Å². The fourth-order valence-corrected chi connectivity index (χ4v) is 7.69. The number of likely N-dealkylation sites (N-methyl/N-ethyl adjacent to an activating group) is 1. The lowest BCUT2D eigenvalue weighted by atomic mass is 9.53. The quantitative estimate of drug-likeness (QED) is 0.292. The molecule has 42 heavy (non-hydrogen) atoms. The second-order valence-corrected chi connectivity index (χ2v) is 13.7. The van der Waals surface area contributed by atoms with Gasteiger partial charge in [0.25, 0.3) is 5.91 Å². The van der Waals surface area contributed by atoms with Crippen molar-refractivity contribution in [2.75, 3.05) is 27.0 Å². The third-order valence-electron chi connectivity index (χ3n) is 8.90. The Morgan fingerprint density at radius 1 is 1.19 bits per heavy atom. The second kappa shape index (κ2) is 11.0. The lowest BCUT2D eigenvalue weighted by Gasteiger charge is -2.55. The molecule has 0 unspecified atom stereocenters. The molecule has 6 N–H and O–H groups in total. The first-order valence-corrected chi connectivity index (χ1v) is 15.5. The van der Waals surface area contributed by atoms with E-state index >= 15 is 0 Å². The first-order valence-electron chi connectivity index (χ1n) is 14.1. The number of aliphatic hydroxyl groups is 3. The summed E-state index contributed by atoms with van der Waals surface area (Å²) in [5.74, 6) is -7.14. The number of phenolic OH excluding ortho intramolecular Hbond substituents is 1. The lowest BCUT2D eigenvalue weighted by molar-refractivity contribution is -0.176. The van der Waals surface area contributed by atoms with Crippen LogP contribution in [0.3, 0.4) is 0 Å². The monoisotopic (exact) mass is 602 g/mol. The van der Waals surface area contributed by atoms with Crippen LogP contribution in [0.4, 0.5) is 0 Å². The number of ether oxygens (including phenoxy) is 1. The molecule has 1 fully saturated rings. The number of rotatable bonds is 7. The zero-order chi connectivity index (χ0) is 31.6. The van der Waals surface area contributed by atoms with E-state index in [-0.39, 0.29) is 23.5 Å². The molecule has 0 spiro atoms. The number of nitrogens with two attached hydrogens (primary N) is 1. The smallest absolute Gasteiger partial charge is 0.255 e. The van der Waals surface area contributed by atoms with Crippen molar-refractivity contribution < 1.29 is 39.5 Å². The van der Waals surface area contributed by atoms with Crippen molar-refractivity contribution in [3.05, 3.63) is 45.2 Å². The highest BCUT2D eigenvalue weighted by atomic mass is 32.2. The van der Waals surface area contributed by atoms with E-state index in [1.807, 2.05) is 46.9 Å². The summed E-state index contributed by atoms with van der Waals surface area (Å²) in [6, 6.07) is 0.682. The van der Waals surface area contributed by atoms with Gasteiger partial charge >= 0.3 is 0 Å². The Balaban J connectivity index is 2.15. The summed E-state index contributed by atoms with van der Waals surface area (Å²) in [5.41, 5.74) is 3.28. The number of primary amides is 1. The first-order chi connectivity index (χ1) is 19.5. The van der Waals surface area contributed by atoms with E-state index in [2.05, 4.69) is 0 Å². The van der Waals surface area contributed by atoms with Crippen molar-refractivity contribution >= 4 is 35.0 Å². The molecule has 0 radical (unpaired) electrons. The van der Waals surface area contributed by atoms with E-state index in [1.54, 1.807) is 25.9 Å². The van der Waals surface area contributed by atoms with Gasteiger partial charge in [-0.05, 0) is 49.2 Å². The minimum absolute atomic E-state index is 0.101. The van der Waals surface area contributed by atoms with Gasteiger partial charge in [-0.2, -0.15) is 11.8 Å². The zero-order valence-corrected chi connectivity index (χ0v) is 26.3. The van der Waals surface area contributed by atoms with Gasteiger partial charge in [-0.1, -0.05) is 40.7 Å². The van der Waals surface area contributed by atoms with E-state index < -0.39 is 75.5 Å². The van der Waals surface area contributed by atoms with Crippen molar-refractivity contribution in [3.8, 4) is 5.75 Å². The molecule has 0 aliphatic heterocycles. The number of carbonyl (C=O) groups excluding carboxylic acids is 3. The number of phenols is 1. The minimum Gasteiger partial charge on any atom is -0.508 e. The van der Waals surface area contributed by atoms with Crippen LogP contribution < -0.4 is 5.73 Å². The number of aliphatic hydroxyl groups excluding tert-OH is 2. The maximum absolute atomic E-state index is 14.5. The largest absolute Gasteiger partial charge is 0.508 e. The zero-order valence-electron chi connectivity index (χ0n) is 25.4. The number of amides is 1. The Bertz CT molecular complexity index is 1410. The Morgan fingerprint density at radius 3 is 2.31 bits per heavy atom. The predicted molar refractivity (Wildman–Crippen MR) is 160 cm³/mol. The number of ketones is 2. The fraction of sp³-hybridized carbons (Fsp3) is 0.581. The Morgan fingerprint density at radius 2 is 1.81 bits per heavy atom. The third-order valence-corrected chi connectivity index (χ3v) is 9.50. The number of nitrogens with zero attached hydrogens (tertiary/aromatic N) is 1. The van der Waals surface area contributed by atoms with E-state index in [4.69, 9.17) is 10.5 Å². The number of hydrogen-bond donors (Lipinski definition) is 5. The third kappa shape index (κ3) is 4.47. The Labute approximate surface area is 250 Å². The number of benzene rings is 1. The lowest BCUT2D eigenvalue weighted by Crippen LogP contribution is -2.71. The van der Waals surface area contributed by atoms with Gasteiger partial charge in [0.15, 0.2) is 11.4 Å². The number of thioether (sulfide) groups is 1. The van der Waals surface area contributed by atoms with E-state index in [0.717, 1.165) is 5.56 Å². The average molecular weight is 603 g/mol. The van der Waals surface area contributed by atoms with Crippen molar-refractivity contribution in [2.45, 2.75) is 75.9 Å². The number of hydrogen-bond acceptors (Lipinski definition) is 10. The van der Waals surface area contributed by atoms with Crippen LogP contribution in [0, 0.1) is 11.8 Å². The molecular formula is C31H42N2O8S. The molecule has 1 saturated carbocycles. The summed E-state index contributed by atoms with van der Waals surface area (Å²) in [4.78, 5) is 41.9. The van der Waals surface area contributed by atoms with Gasteiger partial charge in [0.1, 0.15) is 22.8 Å². The highest BCUT2D eigenvalue weighted by Gasteiger charge is 2.69. The van der Waals surface area contributed by atoms with Gasteiger partial charge in [0.2, 0.25) is 5.78 Å². The summed E-state index contributed by atoms with van der Waals surface area (Å²) in [5, 5.41) is 47.0. The average Bonchev–Trinajstić information content (AvgIpc) is 2.88.